The number of rotatable bonds is 5. The van der Waals surface area contributed by atoms with Gasteiger partial charge in [-0.3, -0.25) is 9.69 Å². The molecule has 1 aliphatic rings. The molecular formula is C15H21Cl2N3O. The molecule has 1 aromatic rings. The Balaban J connectivity index is 1.82. The van der Waals surface area contributed by atoms with E-state index in [-0.39, 0.29) is 5.91 Å². The van der Waals surface area contributed by atoms with Crippen LogP contribution in [0.4, 0.5) is 5.69 Å². The van der Waals surface area contributed by atoms with E-state index < -0.39 is 0 Å². The molecule has 0 spiro atoms. The summed E-state index contributed by atoms with van der Waals surface area (Å²) < 4.78 is 0. The highest BCUT2D eigenvalue weighted by atomic mass is 35.5. The molecule has 2 N–H and O–H groups in total. The molecular weight excluding hydrogens is 309 g/mol. The number of hydrogen-bond donors (Lipinski definition) is 2. The highest BCUT2D eigenvalue weighted by molar-refractivity contribution is 6.43. The van der Waals surface area contributed by atoms with Crippen LogP contribution in [0.25, 0.3) is 0 Å². The number of nitrogens with zero attached hydrogens (tertiary/aromatic N) is 1. The van der Waals surface area contributed by atoms with Crippen LogP contribution in [-0.2, 0) is 4.79 Å². The van der Waals surface area contributed by atoms with Gasteiger partial charge in [-0.05, 0) is 38.6 Å². The topological polar surface area (TPSA) is 44.4 Å². The number of carbonyl (C=O) groups excluding carboxylic acids is 1. The van der Waals surface area contributed by atoms with Gasteiger partial charge in [0.25, 0.3) is 0 Å². The fourth-order valence-electron chi connectivity index (χ4n) is 2.56. The van der Waals surface area contributed by atoms with Crippen molar-refractivity contribution in [1.29, 1.82) is 0 Å². The first-order chi connectivity index (χ1) is 10.1. The van der Waals surface area contributed by atoms with Gasteiger partial charge in [-0.15, -0.1) is 0 Å². The molecule has 4 nitrogen and oxygen atoms in total. The molecule has 1 fully saturated rings. The number of anilines is 1. The molecule has 6 heteroatoms. The maximum atomic E-state index is 12.1. The Morgan fingerprint density at radius 3 is 2.95 bits per heavy atom. The Hall–Kier alpha value is -0.810. The Kier molecular flexibility index (Phi) is 6.30. The molecule has 1 heterocycles. The molecule has 1 aliphatic heterocycles. The van der Waals surface area contributed by atoms with Gasteiger partial charge in [0.1, 0.15) is 0 Å². The molecule has 1 saturated heterocycles. The first kappa shape index (κ1) is 16.6. The summed E-state index contributed by atoms with van der Waals surface area (Å²) in [6.45, 7) is 2.28. The highest BCUT2D eigenvalue weighted by Crippen LogP contribution is 2.29. The normalized spacial score (nSPS) is 18.8. The van der Waals surface area contributed by atoms with Crippen molar-refractivity contribution in [2.24, 2.45) is 0 Å². The predicted molar refractivity (Wildman–Crippen MR) is 88.2 cm³/mol. The minimum atomic E-state index is -0.0857. The summed E-state index contributed by atoms with van der Waals surface area (Å²) in [5.41, 5.74) is 0.554. The molecule has 0 aromatic heterocycles. The first-order valence-electron chi connectivity index (χ1n) is 7.22. The lowest BCUT2D eigenvalue weighted by Gasteiger charge is -2.27. The zero-order valence-corrected chi connectivity index (χ0v) is 13.7. The molecule has 1 unspecified atom stereocenters. The van der Waals surface area contributed by atoms with Gasteiger partial charge in [-0.1, -0.05) is 35.7 Å². The molecule has 0 saturated carbocycles. The van der Waals surface area contributed by atoms with E-state index in [1.807, 2.05) is 11.9 Å². The van der Waals surface area contributed by atoms with E-state index in [4.69, 9.17) is 23.2 Å². The van der Waals surface area contributed by atoms with Gasteiger partial charge < -0.3 is 10.6 Å². The molecule has 1 atom stereocenters. The van der Waals surface area contributed by atoms with Gasteiger partial charge in [0.05, 0.1) is 22.3 Å². The first-order valence-corrected chi connectivity index (χ1v) is 7.97. The lowest BCUT2D eigenvalue weighted by atomic mass is 10.0. The van der Waals surface area contributed by atoms with Gasteiger partial charge in [0, 0.05) is 12.6 Å². The van der Waals surface area contributed by atoms with Crippen molar-refractivity contribution < 1.29 is 4.79 Å². The zero-order valence-electron chi connectivity index (χ0n) is 12.2. The highest BCUT2D eigenvalue weighted by Gasteiger charge is 2.16. The Labute approximate surface area is 135 Å². The molecule has 1 aromatic carbocycles. The van der Waals surface area contributed by atoms with E-state index >= 15 is 0 Å². The second-order valence-corrected chi connectivity index (χ2v) is 6.28. The van der Waals surface area contributed by atoms with Crippen LogP contribution in [0.5, 0.6) is 0 Å². The monoisotopic (exact) mass is 329 g/mol. The van der Waals surface area contributed by atoms with Gasteiger partial charge in [0.15, 0.2) is 0 Å². The van der Waals surface area contributed by atoms with Crippen molar-refractivity contribution in [2.75, 3.05) is 32.0 Å². The number of likely N-dealkylation sites (N-methyl/N-ethyl adjacent to an activating group) is 1. The average Bonchev–Trinajstić information content (AvgIpc) is 2.44. The SMILES string of the molecule is CN(CC(=O)Nc1cccc(Cl)c1Cl)CC1CCCCN1. The van der Waals surface area contributed by atoms with E-state index in [9.17, 15) is 4.79 Å². The van der Waals surface area contributed by atoms with Crippen LogP contribution in [-0.4, -0.2) is 43.5 Å². The number of halogens is 2. The van der Waals surface area contributed by atoms with E-state index in [1.54, 1.807) is 18.2 Å². The number of benzene rings is 1. The van der Waals surface area contributed by atoms with Crippen LogP contribution in [0.2, 0.25) is 10.0 Å². The summed E-state index contributed by atoms with van der Waals surface area (Å²) in [4.78, 5) is 14.1. The maximum absolute atomic E-state index is 12.1. The third-order valence-electron chi connectivity index (χ3n) is 3.58. The van der Waals surface area contributed by atoms with Crippen molar-refractivity contribution in [3.8, 4) is 0 Å². The van der Waals surface area contributed by atoms with E-state index in [0.29, 0.717) is 28.3 Å². The van der Waals surface area contributed by atoms with Crippen molar-refractivity contribution >= 4 is 34.8 Å². The van der Waals surface area contributed by atoms with Crippen LogP contribution in [0.3, 0.4) is 0 Å². The van der Waals surface area contributed by atoms with Crippen LogP contribution >= 0.6 is 23.2 Å². The summed E-state index contributed by atoms with van der Waals surface area (Å²) in [5.74, 6) is -0.0857. The van der Waals surface area contributed by atoms with Crippen LogP contribution in [0.15, 0.2) is 18.2 Å². The fraction of sp³-hybridized carbons (Fsp3) is 0.533. The maximum Gasteiger partial charge on any atom is 0.238 e. The number of nitrogens with one attached hydrogen (secondary N) is 2. The minimum Gasteiger partial charge on any atom is -0.324 e. The lowest BCUT2D eigenvalue weighted by molar-refractivity contribution is -0.117. The Morgan fingerprint density at radius 1 is 1.43 bits per heavy atom. The second-order valence-electron chi connectivity index (χ2n) is 5.49. The zero-order chi connectivity index (χ0) is 15.2. The number of amides is 1. The minimum absolute atomic E-state index is 0.0857. The molecule has 116 valence electrons. The summed E-state index contributed by atoms with van der Waals surface area (Å²) in [5, 5.41) is 7.10. The van der Waals surface area contributed by atoms with Crippen LogP contribution < -0.4 is 10.6 Å². The largest absolute Gasteiger partial charge is 0.324 e. The van der Waals surface area contributed by atoms with Crippen molar-refractivity contribution in [3.05, 3.63) is 28.2 Å². The summed E-state index contributed by atoms with van der Waals surface area (Å²) in [7, 11) is 1.95. The Morgan fingerprint density at radius 2 is 2.24 bits per heavy atom. The van der Waals surface area contributed by atoms with Crippen molar-refractivity contribution in [3.63, 3.8) is 0 Å². The summed E-state index contributed by atoms with van der Waals surface area (Å²) in [6.07, 6.45) is 3.68. The fourth-order valence-corrected chi connectivity index (χ4v) is 2.90. The lowest BCUT2D eigenvalue weighted by Crippen LogP contribution is -2.44. The van der Waals surface area contributed by atoms with E-state index in [1.165, 1.54) is 19.3 Å². The molecule has 0 bridgehead atoms. The van der Waals surface area contributed by atoms with E-state index in [2.05, 4.69) is 10.6 Å². The molecule has 1 amide bonds. The average molecular weight is 330 g/mol. The predicted octanol–water partition coefficient (Wildman–Crippen LogP) is 3.01. The van der Waals surface area contributed by atoms with Gasteiger partial charge in [0.2, 0.25) is 5.91 Å². The Bertz CT molecular complexity index is 490. The standard InChI is InChI=1S/C15H21Cl2N3O/c1-20(9-11-5-2-3-8-18-11)10-14(21)19-13-7-4-6-12(16)15(13)17/h4,6-7,11,18H,2-3,5,8-10H2,1H3,(H,19,21). The summed E-state index contributed by atoms with van der Waals surface area (Å²) in [6, 6.07) is 5.68. The van der Waals surface area contributed by atoms with Crippen molar-refractivity contribution in [2.45, 2.75) is 25.3 Å². The van der Waals surface area contributed by atoms with E-state index in [0.717, 1.165) is 13.1 Å². The van der Waals surface area contributed by atoms with Gasteiger partial charge in [-0.25, -0.2) is 0 Å². The van der Waals surface area contributed by atoms with Crippen LogP contribution in [0, 0.1) is 0 Å². The second kappa shape index (κ2) is 7.99. The van der Waals surface area contributed by atoms with Crippen LogP contribution in [0.1, 0.15) is 19.3 Å². The smallest absolute Gasteiger partial charge is 0.238 e. The molecule has 21 heavy (non-hydrogen) atoms. The third kappa shape index (κ3) is 5.15. The van der Waals surface area contributed by atoms with Crippen molar-refractivity contribution in [1.82, 2.24) is 10.2 Å². The molecule has 2 rings (SSSR count). The molecule has 0 aliphatic carbocycles. The van der Waals surface area contributed by atoms with Gasteiger partial charge in [-0.2, -0.15) is 0 Å². The number of piperidine rings is 1. The third-order valence-corrected chi connectivity index (χ3v) is 4.40. The molecule has 0 radical (unpaired) electrons. The summed E-state index contributed by atoms with van der Waals surface area (Å²) >= 11 is 12.0. The quantitative estimate of drug-likeness (QED) is 0.872. The number of carbonyl (C=O) groups is 1. The number of hydrogen-bond acceptors (Lipinski definition) is 3. The van der Waals surface area contributed by atoms with Gasteiger partial charge >= 0.3 is 0 Å².